The van der Waals surface area contributed by atoms with Gasteiger partial charge in [0.15, 0.2) is 0 Å². The van der Waals surface area contributed by atoms with Crippen LogP contribution < -0.4 is 10.1 Å². The van der Waals surface area contributed by atoms with E-state index < -0.39 is 29.1 Å². The highest BCUT2D eigenvalue weighted by atomic mass is 16.5. The van der Waals surface area contributed by atoms with Crippen molar-refractivity contribution in [2.75, 3.05) is 12.4 Å². The van der Waals surface area contributed by atoms with E-state index in [1.807, 2.05) is 31.2 Å². The average Bonchev–Trinajstić information content (AvgIpc) is 2.79. The van der Waals surface area contributed by atoms with E-state index in [9.17, 15) is 14.4 Å². The van der Waals surface area contributed by atoms with Crippen molar-refractivity contribution in [2.45, 2.75) is 44.9 Å². The lowest BCUT2D eigenvalue weighted by Crippen LogP contribution is -2.51. The molecule has 2 aromatic carbocycles. The number of benzene rings is 2. The minimum atomic E-state index is -1.14. The van der Waals surface area contributed by atoms with Gasteiger partial charge >= 0.3 is 11.9 Å². The number of aryl methyl sites for hydroxylation is 1. The molecule has 1 heterocycles. The summed E-state index contributed by atoms with van der Waals surface area (Å²) in [5, 5.41) is 2.85. The molecule has 2 aromatic rings. The van der Waals surface area contributed by atoms with Crippen LogP contribution in [0.4, 0.5) is 5.69 Å². The highest BCUT2D eigenvalue weighted by Crippen LogP contribution is 2.55. The zero-order valence-corrected chi connectivity index (χ0v) is 17.9. The minimum absolute atomic E-state index is 0.366. The van der Waals surface area contributed by atoms with E-state index in [0.29, 0.717) is 29.8 Å². The number of amides is 1. The number of anilines is 1. The molecule has 4 rings (SSSR count). The Morgan fingerprint density at radius 1 is 1.03 bits per heavy atom. The van der Waals surface area contributed by atoms with Crippen molar-refractivity contribution in [3.05, 3.63) is 59.7 Å². The van der Waals surface area contributed by atoms with Gasteiger partial charge in [-0.1, -0.05) is 55.2 Å². The van der Waals surface area contributed by atoms with Crippen molar-refractivity contribution in [3.63, 3.8) is 0 Å². The van der Waals surface area contributed by atoms with Gasteiger partial charge in [0.2, 0.25) is 5.91 Å². The van der Waals surface area contributed by atoms with Gasteiger partial charge in [0.1, 0.15) is 11.7 Å². The first-order chi connectivity index (χ1) is 15.0. The first-order valence-electron chi connectivity index (χ1n) is 10.7. The van der Waals surface area contributed by atoms with E-state index in [2.05, 4.69) is 5.32 Å². The number of ether oxygens (including phenoxy) is 2. The molecule has 6 nitrogen and oxygen atoms in total. The van der Waals surface area contributed by atoms with Crippen LogP contribution in [0.3, 0.4) is 0 Å². The highest BCUT2D eigenvalue weighted by Gasteiger charge is 2.57. The fourth-order valence-electron chi connectivity index (χ4n) is 5.08. The summed E-state index contributed by atoms with van der Waals surface area (Å²) in [5.41, 5.74) is 1.42. The van der Waals surface area contributed by atoms with Crippen LogP contribution in [0.5, 0.6) is 5.75 Å². The van der Waals surface area contributed by atoms with Gasteiger partial charge in [0.05, 0.1) is 12.5 Å². The lowest BCUT2D eigenvalue weighted by atomic mass is 9.59. The van der Waals surface area contributed by atoms with E-state index in [-0.39, 0.29) is 5.97 Å². The molecule has 0 spiro atoms. The summed E-state index contributed by atoms with van der Waals surface area (Å²) in [4.78, 5) is 39.7. The standard InChI is InChI=1S/C25H27NO5/c1-16-10-12-17(13-11-16)26-22(27)20-21(18-8-4-5-9-19(18)31-23(20)28)25(24(29)30-2)14-6-3-7-15-25/h4-5,8-13,20-21H,3,6-7,14-15H2,1-2H3,(H,26,27)/t20-,21-/m0/s1. The zero-order chi connectivity index (χ0) is 22.0. The molecule has 2 atom stereocenters. The van der Waals surface area contributed by atoms with Crippen LogP contribution >= 0.6 is 0 Å². The summed E-state index contributed by atoms with van der Waals surface area (Å²) in [6, 6.07) is 14.5. The lowest BCUT2D eigenvalue weighted by molar-refractivity contribution is -0.162. The first-order valence-corrected chi connectivity index (χ1v) is 10.7. The van der Waals surface area contributed by atoms with Crippen molar-refractivity contribution in [1.29, 1.82) is 0 Å². The lowest BCUT2D eigenvalue weighted by Gasteiger charge is -2.45. The SMILES string of the molecule is COC(=O)C1([C@H]2c3ccccc3OC(=O)[C@@H]2C(=O)Nc2ccc(C)cc2)CCCCC1. The van der Waals surface area contributed by atoms with Gasteiger partial charge in [0, 0.05) is 17.2 Å². The topological polar surface area (TPSA) is 81.7 Å². The second-order valence-electron chi connectivity index (χ2n) is 8.48. The minimum Gasteiger partial charge on any atom is -0.469 e. The molecule has 1 amide bonds. The summed E-state index contributed by atoms with van der Waals surface area (Å²) >= 11 is 0. The molecule has 1 N–H and O–H groups in total. The smallest absolute Gasteiger partial charge is 0.324 e. The predicted molar refractivity (Wildman–Crippen MR) is 116 cm³/mol. The number of esters is 2. The van der Waals surface area contributed by atoms with E-state index in [1.165, 1.54) is 7.11 Å². The second kappa shape index (κ2) is 8.53. The van der Waals surface area contributed by atoms with Crippen LogP contribution in [0.15, 0.2) is 48.5 Å². The zero-order valence-electron chi connectivity index (χ0n) is 17.9. The first kappa shape index (κ1) is 21.1. The van der Waals surface area contributed by atoms with Crippen LogP contribution in [0.2, 0.25) is 0 Å². The number of fused-ring (bicyclic) bond motifs is 1. The Balaban J connectivity index is 1.80. The molecule has 31 heavy (non-hydrogen) atoms. The predicted octanol–water partition coefficient (Wildman–Crippen LogP) is 4.38. The maximum Gasteiger partial charge on any atom is 0.324 e. The van der Waals surface area contributed by atoms with Crippen LogP contribution in [0.1, 0.15) is 49.1 Å². The van der Waals surface area contributed by atoms with Crippen molar-refractivity contribution in [1.82, 2.24) is 0 Å². The summed E-state index contributed by atoms with van der Waals surface area (Å²) in [6.07, 6.45) is 3.84. The number of carbonyl (C=O) groups excluding carboxylic acids is 3. The maximum absolute atomic E-state index is 13.4. The van der Waals surface area contributed by atoms with Crippen LogP contribution in [0, 0.1) is 18.3 Å². The Hall–Kier alpha value is -3.15. The summed E-state index contributed by atoms with van der Waals surface area (Å²) in [5.74, 6) is -2.86. The quantitative estimate of drug-likeness (QED) is 0.450. The van der Waals surface area contributed by atoms with Crippen LogP contribution in [0.25, 0.3) is 0 Å². The molecular weight excluding hydrogens is 394 g/mol. The van der Waals surface area contributed by atoms with E-state index >= 15 is 0 Å². The Morgan fingerprint density at radius 2 is 1.71 bits per heavy atom. The van der Waals surface area contributed by atoms with Gasteiger partial charge in [-0.3, -0.25) is 14.4 Å². The molecule has 6 heteroatoms. The van der Waals surface area contributed by atoms with E-state index in [4.69, 9.17) is 9.47 Å². The molecule has 2 aliphatic rings. The normalized spacial score (nSPS) is 22.1. The number of hydrogen-bond donors (Lipinski definition) is 1. The number of carbonyl (C=O) groups is 3. The van der Waals surface area contributed by atoms with E-state index in [1.54, 1.807) is 24.3 Å². The number of para-hydroxylation sites is 1. The second-order valence-corrected chi connectivity index (χ2v) is 8.48. The molecule has 1 saturated carbocycles. The fraction of sp³-hybridized carbons (Fsp3) is 0.400. The van der Waals surface area contributed by atoms with Gasteiger partial charge in [0.25, 0.3) is 0 Å². The fourth-order valence-corrected chi connectivity index (χ4v) is 5.08. The number of methoxy groups -OCH3 is 1. The van der Waals surface area contributed by atoms with Crippen molar-refractivity contribution >= 4 is 23.5 Å². The molecule has 0 unspecified atom stereocenters. The van der Waals surface area contributed by atoms with Crippen LogP contribution in [-0.2, 0) is 19.1 Å². The summed E-state index contributed by atoms with van der Waals surface area (Å²) in [7, 11) is 1.37. The van der Waals surface area contributed by atoms with Gasteiger partial charge in [-0.25, -0.2) is 0 Å². The van der Waals surface area contributed by atoms with Gasteiger partial charge in [-0.2, -0.15) is 0 Å². The molecule has 0 radical (unpaired) electrons. The third kappa shape index (κ3) is 3.82. The number of rotatable bonds is 4. The molecule has 1 aliphatic carbocycles. The maximum atomic E-state index is 13.4. The Bertz CT molecular complexity index is 991. The highest BCUT2D eigenvalue weighted by molar-refractivity contribution is 6.07. The Morgan fingerprint density at radius 3 is 2.39 bits per heavy atom. The van der Waals surface area contributed by atoms with E-state index in [0.717, 1.165) is 24.8 Å². The summed E-state index contributed by atoms with van der Waals surface area (Å²) in [6.45, 7) is 1.96. The molecule has 1 fully saturated rings. The third-order valence-corrected chi connectivity index (χ3v) is 6.59. The molecular formula is C25H27NO5. The molecule has 1 aliphatic heterocycles. The Labute approximate surface area is 181 Å². The number of hydrogen-bond acceptors (Lipinski definition) is 5. The largest absolute Gasteiger partial charge is 0.469 e. The molecule has 162 valence electrons. The van der Waals surface area contributed by atoms with Gasteiger partial charge in [-0.15, -0.1) is 0 Å². The summed E-state index contributed by atoms with van der Waals surface area (Å²) < 4.78 is 10.8. The monoisotopic (exact) mass is 421 g/mol. The van der Waals surface area contributed by atoms with Crippen molar-refractivity contribution in [2.24, 2.45) is 11.3 Å². The Kier molecular flexibility index (Phi) is 5.81. The number of nitrogens with one attached hydrogen (secondary N) is 1. The van der Waals surface area contributed by atoms with Crippen molar-refractivity contribution < 1.29 is 23.9 Å². The third-order valence-electron chi connectivity index (χ3n) is 6.59. The molecule has 0 bridgehead atoms. The van der Waals surface area contributed by atoms with Gasteiger partial charge in [-0.05, 0) is 38.0 Å². The average molecular weight is 421 g/mol. The molecule has 0 saturated heterocycles. The van der Waals surface area contributed by atoms with Crippen molar-refractivity contribution in [3.8, 4) is 5.75 Å². The van der Waals surface area contributed by atoms with Crippen LogP contribution in [-0.4, -0.2) is 25.0 Å². The molecule has 0 aromatic heterocycles. The van der Waals surface area contributed by atoms with Gasteiger partial charge < -0.3 is 14.8 Å².